The SMILES string of the molecule is COc1ccc(-c2noc(COC(C)=O)n2)cc1OC. The van der Waals surface area contributed by atoms with Crippen LogP contribution in [0.15, 0.2) is 22.7 Å². The Morgan fingerprint density at radius 3 is 2.65 bits per heavy atom. The monoisotopic (exact) mass is 278 g/mol. The maximum atomic E-state index is 10.7. The van der Waals surface area contributed by atoms with Crippen LogP contribution in [0.2, 0.25) is 0 Å². The predicted molar refractivity (Wildman–Crippen MR) is 68.3 cm³/mol. The molecule has 0 amide bonds. The van der Waals surface area contributed by atoms with Gasteiger partial charge >= 0.3 is 5.97 Å². The fourth-order valence-electron chi connectivity index (χ4n) is 1.57. The highest BCUT2D eigenvalue weighted by atomic mass is 16.6. The van der Waals surface area contributed by atoms with Crippen molar-refractivity contribution in [3.05, 3.63) is 24.1 Å². The van der Waals surface area contributed by atoms with Gasteiger partial charge in [-0.1, -0.05) is 5.16 Å². The van der Waals surface area contributed by atoms with Gasteiger partial charge in [0.25, 0.3) is 5.89 Å². The zero-order valence-corrected chi connectivity index (χ0v) is 11.4. The molecule has 7 nitrogen and oxygen atoms in total. The summed E-state index contributed by atoms with van der Waals surface area (Å²) in [6.45, 7) is 1.27. The van der Waals surface area contributed by atoms with Crippen LogP contribution in [0.4, 0.5) is 0 Å². The first-order chi connectivity index (χ1) is 9.63. The second-order valence-corrected chi connectivity index (χ2v) is 3.86. The van der Waals surface area contributed by atoms with E-state index >= 15 is 0 Å². The van der Waals surface area contributed by atoms with E-state index in [2.05, 4.69) is 10.1 Å². The number of esters is 1. The molecule has 0 N–H and O–H groups in total. The van der Waals surface area contributed by atoms with Crippen molar-refractivity contribution in [2.45, 2.75) is 13.5 Å². The fourth-order valence-corrected chi connectivity index (χ4v) is 1.57. The first kappa shape index (κ1) is 13.9. The van der Waals surface area contributed by atoms with Crippen LogP contribution in [0.3, 0.4) is 0 Å². The van der Waals surface area contributed by atoms with E-state index in [-0.39, 0.29) is 12.5 Å². The van der Waals surface area contributed by atoms with Gasteiger partial charge in [0.15, 0.2) is 18.1 Å². The number of aromatic nitrogens is 2. The molecule has 20 heavy (non-hydrogen) atoms. The highest BCUT2D eigenvalue weighted by molar-refractivity contribution is 5.65. The van der Waals surface area contributed by atoms with Crippen LogP contribution in [-0.4, -0.2) is 30.3 Å². The summed E-state index contributed by atoms with van der Waals surface area (Å²) < 4.78 is 20.1. The number of hydrogen-bond acceptors (Lipinski definition) is 7. The van der Waals surface area contributed by atoms with Crippen molar-refractivity contribution in [2.24, 2.45) is 0 Å². The van der Waals surface area contributed by atoms with Crippen molar-refractivity contribution in [1.82, 2.24) is 10.1 Å². The van der Waals surface area contributed by atoms with Crippen LogP contribution in [0, 0.1) is 0 Å². The van der Waals surface area contributed by atoms with Gasteiger partial charge in [-0.05, 0) is 18.2 Å². The number of methoxy groups -OCH3 is 2. The lowest BCUT2D eigenvalue weighted by atomic mass is 10.2. The first-order valence-electron chi connectivity index (χ1n) is 5.82. The van der Waals surface area contributed by atoms with Gasteiger partial charge in [0, 0.05) is 12.5 Å². The lowest BCUT2D eigenvalue weighted by Gasteiger charge is -2.07. The standard InChI is InChI=1S/C13H14N2O5/c1-8(16)19-7-12-14-13(15-20-12)9-4-5-10(17-2)11(6-9)18-3/h4-6H,7H2,1-3H3. The molecule has 0 aliphatic carbocycles. The third-order valence-electron chi connectivity index (χ3n) is 2.51. The molecule has 0 saturated heterocycles. The van der Waals surface area contributed by atoms with Gasteiger partial charge in [0.05, 0.1) is 14.2 Å². The predicted octanol–water partition coefficient (Wildman–Crippen LogP) is 1.82. The van der Waals surface area contributed by atoms with Crippen molar-refractivity contribution >= 4 is 5.97 Å². The topological polar surface area (TPSA) is 83.7 Å². The average molecular weight is 278 g/mol. The largest absolute Gasteiger partial charge is 0.493 e. The minimum Gasteiger partial charge on any atom is -0.493 e. The van der Waals surface area contributed by atoms with Crippen LogP contribution >= 0.6 is 0 Å². The van der Waals surface area contributed by atoms with Crippen LogP contribution in [0.5, 0.6) is 11.5 Å². The van der Waals surface area contributed by atoms with Crippen molar-refractivity contribution < 1.29 is 23.5 Å². The third kappa shape index (κ3) is 3.05. The van der Waals surface area contributed by atoms with E-state index in [1.54, 1.807) is 32.4 Å². The molecule has 0 aliphatic heterocycles. The van der Waals surface area contributed by atoms with E-state index in [1.165, 1.54) is 6.92 Å². The zero-order chi connectivity index (χ0) is 14.5. The second kappa shape index (κ2) is 6.05. The molecular formula is C13H14N2O5. The van der Waals surface area contributed by atoms with Crippen LogP contribution < -0.4 is 9.47 Å². The summed E-state index contributed by atoms with van der Waals surface area (Å²) in [5, 5.41) is 3.82. The summed E-state index contributed by atoms with van der Waals surface area (Å²) >= 11 is 0. The number of hydrogen-bond donors (Lipinski definition) is 0. The Labute approximate surface area is 115 Å². The summed E-state index contributed by atoms with van der Waals surface area (Å²) in [6, 6.07) is 5.26. The minimum absolute atomic E-state index is 0.0460. The third-order valence-corrected chi connectivity index (χ3v) is 2.51. The van der Waals surface area contributed by atoms with E-state index in [4.69, 9.17) is 18.7 Å². The highest BCUT2D eigenvalue weighted by Gasteiger charge is 2.12. The zero-order valence-electron chi connectivity index (χ0n) is 11.4. The van der Waals surface area contributed by atoms with Crippen LogP contribution in [0.1, 0.15) is 12.8 Å². The van der Waals surface area contributed by atoms with Gasteiger partial charge in [0.1, 0.15) is 0 Å². The summed E-state index contributed by atoms with van der Waals surface area (Å²) in [5.41, 5.74) is 0.709. The summed E-state index contributed by atoms with van der Waals surface area (Å²) in [7, 11) is 3.10. The molecular weight excluding hydrogens is 264 g/mol. The molecule has 0 aliphatic rings. The van der Waals surface area contributed by atoms with Gasteiger partial charge in [-0.3, -0.25) is 4.79 Å². The van der Waals surface area contributed by atoms with Gasteiger partial charge in [-0.2, -0.15) is 4.98 Å². The summed E-state index contributed by atoms with van der Waals surface area (Å²) in [4.78, 5) is 14.8. The summed E-state index contributed by atoms with van der Waals surface area (Å²) in [5.74, 6) is 1.38. The first-order valence-corrected chi connectivity index (χ1v) is 5.82. The van der Waals surface area contributed by atoms with Gasteiger partial charge < -0.3 is 18.7 Å². The Balaban J connectivity index is 2.21. The van der Waals surface area contributed by atoms with Crippen molar-refractivity contribution in [1.29, 1.82) is 0 Å². The molecule has 0 saturated carbocycles. The summed E-state index contributed by atoms with van der Waals surface area (Å²) in [6.07, 6.45) is 0. The molecule has 1 heterocycles. The van der Waals surface area contributed by atoms with E-state index in [0.717, 1.165) is 0 Å². The van der Waals surface area contributed by atoms with Crippen LogP contribution in [-0.2, 0) is 16.1 Å². The maximum Gasteiger partial charge on any atom is 0.303 e. The molecule has 106 valence electrons. The van der Waals surface area contributed by atoms with Crippen LogP contribution in [0.25, 0.3) is 11.4 Å². The number of benzene rings is 1. The Morgan fingerprint density at radius 1 is 1.25 bits per heavy atom. The van der Waals surface area contributed by atoms with Crippen molar-refractivity contribution in [2.75, 3.05) is 14.2 Å². The second-order valence-electron chi connectivity index (χ2n) is 3.86. The minimum atomic E-state index is -0.407. The molecule has 2 aromatic rings. The maximum absolute atomic E-state index is 10.7. The molecule has 0 fully saturated rings. The highest BCUT2D eigenvalue weighted by Crippen LogP contribution is 2.31. The lowest BCUT2D eigenvalue weighted by molar-refractivity contribution is -0.143. The molecule has 7 heteroatoms. The molecule has 2 rings (SSSR count). The van der Waals surface area contributed by atoms with Gasteiger partial charge in [0.2, 0.25) is 5.82 Å². The molecule has 0 bridgehead atoms. The van der Waals surface area contributed by atoms with E-state index < -0.39 is 5.97 Å². The number of ether oxygens (including phenoxy) is 3. The Hall–Kier alpha value is -2.57. The van der Waals surface area contributed by atoms with E-state index in [1.807, 2.05) is 0 Å². The quantitative estimate of drug-likeness (QED) is 0.771. The lowest BCUT2D eigenvalue weighted by Crippen LogP contribution is -1.98. The fraction of sp³-hybridized carbons (Fsp3) is 0.308. The smallest absolute Gasteiger partial charge is 0.303 e. The number of rotatable bonds is 5. The number of carbonyl (C=O) groups is 1. The number of nitrogens with zero attached hydrogens (tertiary/aromatic N) is 2. The molecule has 0 atom stereocenters. The van der Waals surface area contributed by atoms with Gasteiger partial charge in [-0.15, -0.1) is 0 Å². The van der Waals surface area contributed by atoms with E-state index in [0.29, 0.717) is 22.9 Å². The van der Waals surface area contributed by atoms with Crippen molar-refractivity contribution in [3.63, 3.8) is 0 Å². The molecule has 1 aromatic heterocycles. The molecule has 0 spiro atoms. The Kier molecular flexibility index (Phi) is 4.19. The Bertz CT molecular complexity index is 609. The average Bonchev–Trinajstić information content (AvgIpc) is 2.93. The van der Waals surface area contributed by atoms with E-state index in [9.17, 15) is 4.79 Å². The normalized spacial score (nSPS) is 10.2. The number of carbonyl (C=O) groups excluding carboxylic acids is 1. The Morgan fingerprint density at radius 2 is 2.00 bits per heavy atom. The molecule has 0 radical (unpaired) electrons. The molecule has 0 unspecified atom stereocenters. The van der Waals surface area contributed by atoms with Gasteiger partial charge in [-0.25, -0.2) is 0 Å². The molecule has 1 aromatic carbocycles. The van der Waals surface area contributed by atoms with Crippen molar-refractivity contribution in [3.8, 4) is 22.9 Å².